The second-order valence-electron chi connectivity index (χ2n) is 5.47. The number of carboxylic acids is 1. The molecule has 0 aliphatic heterocycles. The second kappa shape index (κ2) is 7.44. The fourth-order valence-corrected chi connectivity index (χ4v) is 2.31. The molecule has 6 nitrogen and oxygen atoms in total. The van der Waals surface area contributed by atoms with Gasteiger partial charge in [0.15, 0.2) is 0 Å². The van der Waals surface area contributed by atoms with Crippen molar-refractivity contribution in [2.75, 3.05) is 10.6 Å². The highest BCUT2D eigenvalue weighted by Gasteiger charge is 2.04. The van der Waals surface area contributed by atoms with Crippen molar-refractivity contribution in [2.24, 2.45) is 0 Å². The van der Waals surface area contributed by atoms with Crippen molar-refractivity contribution in [3.8, 4) is 0 Å². The summed E-state index contributed by atoms with van der Waals surface area (Å²) in [5.74, 6) is 0.337. The van der Waals surface area contributed by atoms with Crippen LogP contribution in [0.15, 0.2) is 60.9 Å². The Morgan fingerprint density at radius 3 is 1.92 bits per heavy atom. The van der Waals surface area contributed by atoms with Crippen LogP contribution in [0.5, 0.6) is 0 Å². The first-order valence-electron chi connectivity index (χ1n) is 7.92. The van der Waals surface area contributed by atoms with E-state index in [0.29, 0.717) is 11.6 Å². The number of benzene rings is 2. The van der Waals surface area contributed by atoms with E-state index in [1.54, 1.807) is 30.3 Å². The maximum Gasteiger partial charge on any atom is 0.335 e. The van der Waals surface area contributed by atoms with Gasteiger partial charge in [-0.25, -0.2) is 14.8 Å². The largest absolute Gasteiger partial charge is 0.478 e. The number of aromatic nitrogens is 2. The zero-order valence-corrected chi connectivity index (χ0v) is 13.7. The predicted molar refractivity (Wildman–Crippen MR) is 97.8 cm³/mol. The molecular weight excluding hydrogens is 316 g/mol. The SMILES string of the molecule is CCc1ccc(Nc2cc(Nc3ccc(C(=O)O)cc3)ncn2)cc1. The number of rotatable bonds is 6. The highest BCUT2D eigenvalue weighted by Crippen LogP contribution is 2.20. The summed E-state index contributed by atoms with van der Waals surface area (Å²) < 4.78 is 0. The fraction of sp³-hybridized carbons (Fsp3) is 0.105. The van der Waals surface area contributed by atoms with Gasteiger partial charge in [0.2, 0.25) is 0 Å². The molecular formula is C19H18N4O2. The molecule has 0 bridgehead atoms. The number of nitrogens with zero attached hydrogens (tertiary/aromatic N) is 2. The van der Waals surface area contributed by atoms with E-state index in [2.05, 4.69) is 39.7 Å². The Hall–Kier alpha value is -3.41. The first kappa shape index (κ1) is 16.4. The van der Waals surface area contributed by atoms with Crippen LogP contribution in [0.2, 0.25) is 0 Å². The molecule has 1 heterocycles. The van der Waals surface area contributed by atoms with Gasteiger partial charge in [-0.05, 0) is 48.4 Å². The Balaban J connectivity index is 1.71. The first-order valence-corrected chi connectivity index (χ1v) is 7.92. The Morgan fingerprint density at radius 1 is 0.920 bits per heavy atom. The lowest BCUT2D eigenvalue weighted by Gasteiger charge is -2.09. The van der Waals surface area contributed by atoms with Crippen molar-refractivity contribution in [3.63, 3.8) is 0 Å². The third-order valence-electron chi connectivity index (χ3n) is 3.71. The summed E-state index contributed by atoms with van der Waals surface area (Å²) in [7, 11) is 0. The Labute approximate surface area is 145 Å². The molecule has 0 aliphatic rings. The van der Waals surface area contributed by atoms with Gasteiger partial charge < -0.3 is 15.7 Å². The monoisotopic (exact) mass is 334 g/mol. The van der Waals surface area contributed by atoms with Gasteiger partial charge in [-0.2, -0.15) is 0 Å². The standard InChI is InChI=1S/C19H18N4O2/c1-2-13-3-7-15(8-4-13)22-17-11-18(21-12-20-17)23-16-9-5-14(6-10-16)19(24)25/h3-12H,2H2,1H3,(H,24,25)(H2,20,21,22,23). The Bertz CT molecular complexity index is 861. The average Bonchev–Trinajstić information content (AvgIpc) is 2.63. The summed E-state index contributed by atoms with van der Waals surface area (Å²) in [4.78, 5) is 19.3. The zero-order valence-electron chi connectivity index (χ0n) is 13.7. The van der Waals surface area contributed by atoms with Gasteiger partial charge in [0, 0.05) is 17.4 Å². The molecule has 0 atom stereocenters. The smallest absolute Gasteiger partial charge is 0.335 e. The van der Waals surface area contributed by atoms with Crippen molar-refractivity contribution in [2.45, 2.75) is 13.3 Å². The lowest BCUT2D eigenvalue weighted by atomic mass is 10.1. The summed E-state index contributed by atoms with van der Waals surface area (Å²) in [6.45, 7) is 2.12. The van der Waals surface area contributed by atoms with E-state index in [1.165, 1.54) is 11.9 Å². The van der Waals surface area contributed by atoms with Gasteiger partial charge >= 0.3 is 5.97 Å². The van der Waals surface area contributed by atoms with E-state index >= 15 is 0 Å². The van der Waals surface area contributed by atoms with Crippen LogP contribution < -0.4 is 10.6 Å². The minimum atomic E-state index is -0.950. The molecule has 0 unspecified atom stereocenters. The maximum atomic E-state index is 10.9. The number of aromatic carboxylic acids is 1. The number of carboxylic acid groups (broad SMARTS) is 1. The fourth-order valence-electron chi connectivity index (χ4n) is 2.31. The van der Waals surface area contributed by atoms with Crippen molar-refractivity contribution < 1.29 is 9.90 Å². The molecule has 0 amide bonds. The van der Waals surface area contributed by atoms with Crippen LogP contribution in [-0.2, 0) is 6.42 Å². The van der Waals surface area contributed by atoms with Gasteiger partial charge in [0.1, 0.15) is 18.0 Å². The highest BCUT2D eigenvalue weighted by atomic mass is 16.4. The molecule has 3 rings (SSSR count). The van der Waals surface area contributed by atoms with Crippen LogP contribution >= 0.6 is 0 Å². The van der Waals surface area contributed by atoms with E-state index in [4.69, 9.17) is 5.11 Å². The number of hydrogen-bond acceptors (Lipinski definition) is 5. The third-order valence-corrected chi connectivity index (χ3v) is 3.71. The Kier molecular flexibility index (Phi) is 4.89. The molecule has 3 N–H and O–H groups in total. The topological polar surface area (TPSA) is 87.1 Å². The van der Waals surface area contributed by atoms with Crippen LogP contribution in [0.25, 0.3) is 0 Å². The van der Waals surface area contributed by atoms with E-state index in [9.17, 15) is 4.79 Å². The van der Waals surface area contributed by atoms with E-state index in [0.717, 1.165) is 17.8 Å². The quantitative estimate of drug-likeness (QED) is 0.625. The van der Waals surface area contributed by atoms with Crippen LogP contribution in [0.4, 0.5) is 23.0 Å². The normalized spacial score (nSPS) is 10.3. The summed E-state index contributed by atoms with van der Waals surface area (Å²) in [5, 5.41) is 15.3. The van der Waals surface area contributed by atoms with Gasteiger partial charge in [-0.3, -0.25) is 0 Å². The van der Waals surface area contributed by atoms with Crippen LogP contribution in [0.1, 0.15) is 22.8 Å². The molecule has 6 heteroatoms. The molecule has 25 heavy (non-hydrogen) atoms. The van der Waals surface area contributed by atoms with Gasteiger partial charge in [0.05, 0.1) is 5.56 Å². The molecule has 0 saturated carbocycles. The molecule has 0 spiro atoms. The van der Waals surface area contributed by atoms with E-state index < -0.39 is 5.97 Å². The first-order chi connectivity index (χ1) is 12.1. The lowest BCUT2D eigenvalue weighted by Crippen LogP contribution is -1.99. The molecule has 126 valence electrons. The van der Waals surface area contributed by atoms with Crippen LogP contribution in [0.3, 0.4) is 0 Å². The summed E-state index contributed by atoms with van der Waals surface area (Å²) >= 11 is 0. The number of aryl methyl sites for hydroxylation is 1. The molecule has 3 aromatic rings. The summed E-state index contributed by atoms with van der Waals surface area (Å²) in [6.07, 6.45) is 2.47. The number of carbonyl (C=O) groups is 1. The van der Waals surface area contributed by atoms with Crippen molar-refractivity contribution in [1.82, 2.24) is 9.97 Å². The average molecular weight is 334 g/mol. The van der Waals surface area contributed by atoms with Gasteiger partial charge in [-0.1, -0.05) is 19.1 Å². The van der Waals surface area contributed by atoms with Crippen LogP contribution in [0, 0.1) is 0 Å². The highest BCUT2D eigenvalue weighted by molar-refractivity contribution is 5.88. The van der Waals surface area contributed by atoms with Gasteiger partial charge in [0.25, 0.3) is 0 Å². The number of anilines is 4. The molecule has 2 aromatic carbocycles. The predicted octanol–water partition coefficient (Wildman–Crippen LogP) is 4.22. The molecule has 0 fully saturated rings. The van der Waals surface area contributed by atoms with Gasteiger partial charge in [-0.15, -0.1) is 0 Å². The molecule has 0 saturated heterocycles. The van der Waals surface area contributed by atoms with Crippen molar-refractivity contribution in [1.29, 1.82) is 0 Å². The lowest BCUT2D eigenvalue weighted by molar-refractivity contribution is 0.0697. The zero-order chi connectivity index (χ0) is 17.6. The van der Waals surface area contributed by atoms with Crippen LogP contribution in [-0.4, -0.2) is 21.0 Å². The van der Waals surface area contributed by atoms with Crippen molar-refractivity contribution >= 4 is 29.0 Å². The minimum absolute atomic E-state index is 0.242. The van der Waals surface area contributed by atoms with E-state index in [1.807, 2.05) is 12.1 Å². The number of nitrogens with one attached hydrogen (secondary N) is 2. The summed E-state index contributed by atoms with van der Waals surface area (Å²) in [6, 6.07) is 16.4. The number of hydrogen-bond donors (Lipinski definition) is 3. The van der Waals surface area contributed by atoms with E-state index in [-0.39, 0.29) is 5.56 Å². The third kappa shape index (κ3) is 4.32. The molecule has 1 aromatic heterocycles. The minimum Gasteiger partial charge on any atom is -0.478 e. The molecule has 0 aliphatic carbocycles. The maximum absolute atomic E-state index is 10.9. The second-order valence-corrected chi connectivity index (χ2v) is 5.47. The molecule has 0 radical (unpaired) electrons. The summed E-state index contributed by atoms with van der Waals surface area (Å²) in [5.41, 5.74) is 3.22. The Morgan fingerprint density at radius 2 is 1.44 bits per heavy atom. The van der Waals surface area contributed by atoms with Crippen molar-refractivity contribution in [3.05, 3.63) is 72.1 Å².